The summed E-state index contributed by atoms with van der Waals surface area (Å²) in [5, 5.41) is 24.0. The standard InChI is InChI=1S/C27H36F2N2O4.C2HF3O2/c1-4-10-34-18-24(11-19(2)3)30-16-26(32)25(14-21-12-22(28)15-23(29)13-21)31-27(33)35-17-20-8-6-5-7-9-20;3-2(4,5)1(6)7/h4-9,12-13,15,19,24-26,30,32H,1,10-11,14,16-18H2,2-3H3,(H,31,33);(H,6,7)/t24-,25+,26-;/m1./s1. The maximum Gasteiger partial charge on any atom is 0.490 e. The molecule has 0 saturated heterocycles. The lowest BCUT2D eigenvalue weighted by Gasteiger charge is -2.27. The summed E-state index contributed by atoms with van der Waals surface area (Å²) in [5.41, 5.74) is 1.12. The minimum absolute atomic E-state index is 0.0137. The summed E-state index contributed by atoms with van der Waals surface area (Å²) in [7, 11) is 0. The largest absolute Gasteiger partial charge is 0.490 e. The predicted molar refractivity (Wildman–Crippen MR) is 146 cm³/mol. The van der Waals surface area contributed by atoms with Crippen LogP contribution >= 0.6 is 0 Å². The number of alkyl halides is 3. The van der Waals surface area contributed by atoms with Gasteiger partial charge in [0, 0.05) is 18.7 Å². The Morgan fingerprint density at radius 1 is 1.05 bits per heavy atom. The Kier molecular flexibility index (Phi) is 16.3. The van der Waals surface area contributed by atoms with Crippen molar-refractivity contribution in [2.45, 2.75) is 57.7 Å². The molecular formula is C29H37F5N2O6. The lowest BCUT2D eigenvalue weighted by Crippen LogP contribution is -2.51. The molecule has 0 spiro atoms. The van der Waals surface area contributed by atoms with Crippen molar-refractivity contribution in [1.29, 1.82) is 0 Å². The number of aliphatic hydroxyl groups excluding tert-OH is 1. The van der Waals surface area contributed by atoms with E-state index in [9.17, 15) is 31.9 Å². The molecule has 0 heterocycles. The molecule has 2 rings (SSSR count). The molecule has 2 aromatic rings. The average molecular weight is 605 g/mol. The summed E-state index contributed by atoms with van der Waals surface area (Å²) in [6.45, 7) is 8.86. The molecule has 8 nitrogen and oxygen atoms in total. The number of carboxylic acids is 1. The van der Waals surface area contributed by atoms with Gasteiger partial charge in [0.15, 0.2) is 0 Å². The first kappa shape index (κ1) is 36.5. The van der Waals surface area contributed by atoms with Gasteiger partial charge >= 0.3 is 18.2 Å². The number of carboxylic acid groups (broad SMARTS) is 1. The zero-order valence-corrected chi connectivity index (χ0v) is 23.4. The number of alkyl carbamates (subject to hydrolysis) is 1. The van der Waals surface area contributed by atoms with Crippen LogP contribution in [0.15, 0.2) is 61.2 Å². The third-order valence-corrected chi connectivity index (χ3v) is 5.53. The van der Waals surface area contributed by atoms with E-state index in [-0.39, 0.29) is 25.6 Å². The quantitative estimate of drug-likeness (QED) is 0.128. The highest BCUT2D eigenvalue weighted by atomic mass is 19.4. The van der Waals surface area contributed by atoms with Gasteiger partial charge in [0.05, 0.1) is 25.4 Å². The van der Waals surface area contributed by atoms with E-state index in [1.807, 2.05) is 30.3 Å². The second kappa shape index (κ2) is 18.8. The van der Waals surface area contributed by atoms with Crippen LogP contribution in [0.2, 0.25) is 0 Å². The second-order valence-electron chi connectivity index (χ2n) is 9.73. The number of carbonyl (C=O) groups excluding carboxylic acids is 1. The number of amides is 1. The van der Waals surface area contributed by atoms with Gasteiger partial charge in [-0.25, -0.2) is 18.4 Å². The number of benzene rings is 2. The van der Waals surface area contributed by atoms with Gasteiger partial charge in [0.2, 0.25) is 0 Å². The number of rotatable bonds is 15. The van der Waals surface area contributed by atoms with Crippen LogP contribution in [-0.2, 0) is 27.3 Å². The van der Waals surface area contributed by atoms with E-state index in [1.54, 1.807) is 6.08 Å². The molecular weight excluding hydrogens is 567 g/mol. The van der Waals surface area contributed by atoms with Crippen LogP contribution in [0.5, 0.6) is 0 Å². The minimum atomic E-state index is -5.08. The highest BCUT2D eigenvalue weighted by molar-refractivity contribution is 5.73. The number of ether oxygens (including phenoxy) is 2. The number of nitrogens with one attached hydrogen (secondary N) is 2. The summed E-state index contributed by atoms with van der Waals surface area (Å²) >= 11 is 0. The van der Waals surface area contributed by atoms with Gasteiger partial charge in [-0.3, -0.25) is 0 Å². The third-order valence-electron chi connectivity index (χ3n) is 5.53. The van der Waals surface area contributed by atoms with Crippen LogP contribution in [0, 0.1) is 17.6 Å². The molecule has 0 unspecified atom stereocenters. The molecule has 2 aromatic carbocycles. The number of halogens is 5. The topological polar surface area (TPSA) is 117 Å². The lowest BCUT2D eigenvalue weighted by atomic mass is 10.00. The van der Waals surface area contributed by atoms with Crippen LogP contribution in [-0.4, -0.2) is 66.4 Å². The summed E-state index contributed by atoms with van der Waals surface area (Å²) in [6, 6.07) is 11.4. The zero-order chi connectivity index (χ0) is 31.7. The van der Waals surface area contributed by atoms with Gasteiger partial charge in [-0.05, 0) is 42.0 Å². The Bertz CT molecular complexity index is 1080. The van der Waals surface area contributed by atoms with Crippen molar-refractivity contribution in [1.82, 2.24) is 10.6 Å². The summed E-state index contributed by atoms with van der Waals surface area (Å²) < 4.78 is 70.0. The lowest BCUT2D eigenvalue weighted by molar-refractivity contribution is -0.192. The van der Waals surface area contributed by atoms with Crippen molar-refractivity contribution in [3.05, 3.63) is 83.9 Å². The van der Waals surface area contributed by atoms with Gasteiger partial charge in [0.1, 0.15) is 18.2 Å². The second-order valence-corrected chi connectivity index (χ2v) is 9.73. The maximum absolute atomic E-state index is 13.7. The number of carbonyl (C=O) groups is 2. The Morgan fingerprint density at radius 3 is 2.17 bits per heavy atom. The van der Waals surface area contributed by atoms with Crippen molar-refractivity contribution in [3.8, 4) is 0 Å². The van der Waals surface area contributed by atoms with E-state index >= 15 is 0 Å². The van der Waals surface area contributed by atoms with Crippen molar-refractivity contribution < 1.29 is 51.2 Å². The molecule has 0 bridgehead atoms. The van der Waals surface area contributed by atoms with Gasteiger partial charge in [-0.2, -0.15) is 13.2 Å². The van der Waals surface area contributed by atoms with E-state index < -0.39 is 42.0 Å². The zero-order valence-electron chi connectivity index (χ0n) is 23.4. The molecule has 0 aliphatic carbocycles. The highest BCUT2D eigenvalue weighted by Crippen LogP contribution is 2.14. The molecule has 3 atom stereocenters. The van der Waals surface area contributed by atoms with Crippen molar-refractivity contribution in [3.63, 3.8) is 0 Å². The normalized spacial score (nSPS) is 13.4. The van der Waals surface area contributed by atoms with Gasteiger partial charge in [-0.1, -0.05) is 50.3 Å². The molecule has 0 aromatic heterocycles. The summed E-state index contributed by atoms with van der Waals surface area (Å²) in [4.78, 5) is 21.4. The fourth-order valence-corrected chi connectivity index (χ4v) is 3.68. The van der Waals surface area contributed by atoms with E-state index in [0.29, 0.717) is 24.7 Å². The Labute approximate surface area is 241 Å². The molecule has 13 heteroatoms. The SMILES string of the molecule is C=CCOC[C@@H](CC(C)C)NC[C@@H](O)[C@H](Cc1cc(F)cc(F)c1)NC(=O)OCc1ccccc1.O=C(O)C(F)(F)F. The maximum atomic E-state index is 13.7. The van der Waals surface area contributed by atoms with Crippen molar-refractivity contribution in [2.75, 3.05) is 19.8 Å². The summed E-state index contributed by atoms with van der Waals surface area (Å²) in [5.74, 6) is -3.81. The molecule has 0 aliphatic heterocycles. The average Bonchev–Trinajstić information content (AvgIpc) is 2.89. The molecule has 42 heavy (non-hydrogen) atoms. The van der Waals surface area contributed by atoms with Crippen LogP contribution in [0.4, 0.5) is 26.7 Å². The molecule has 0 saturated carbocycles. The van der Waals surface area contributed by atoms with E-state index in [2.05, 4.69) is 31.1 Å². The Balaban J connectivity index is 0.00000112. The van der Waals surface area contributed by atoms with Crippen molar-refractivity contribution >= 4 is 12.1 Å². The number of hydrogen-bond acceptors (Lipinski definition) is 6. The molecule has 234 valence electrons. The fourth-order valence-electron chi connectivity index (χ4n) is 3.68. The summed E-state index contributed by atoms with van der Waals surface area (Å²) in [6.07, 6.45) is -4.38. The molecule has 4 N–H and O–H groups in total. The molecule has 0 fully saturated rings. The minimum Gasteiger partial charge on any atom is -0.475 e. The van der Waals surface area contributed by atoms with Crippen LogP contribution in [0.1, 0.15) is 31.4 Å². The molecule has 1 amide bonds. The number of aliphatic carboxylic acids is 1. The van der Waals surface area contributed by atoms with Gasteiger partial charge in [0.25, 0.3) is 0 Å². The number of aliphatic hydroxyl groups is 1. The number of hydrogen-bond donors (Lipinski definition) is 4. The van der Waals surface area contributed by atoms with E-state index in [4.69, 9.17) is 19.4 Å². The van der Waals surface area contributed by atoms with E-state index in [1.165, 1.54) is 12.1 Å². The Hall–Kier alpha value is -3.55. The van der Waals surface area contributed by atoms with E-state index in [0.717, 1.165) is 18.1 Å². The van der Waals surface area contributed by atoms with Crippen molar-refractivity contribution in [2.24, 2.45) is 5.92 Å². The fraction of sp³-hybridized carbons (Fsp3) is 0.448. The van der Waals surface area contributed by atoms with Crippen LogP contribution in [0.3, 0.4) is 0 Å². The highest BCUT2D eigenvalue weighted by Gasteiger charge is 2.38. The monoisotopic (exact) mass is 604 g/mol. The first-order chi connectivity index (χ1) is 19.7. The Morgan fingerprint density at radius 2 is 1.64 bits per heavy atom. The van der Waals surface area contributed by atoms with Gasteiger partial charge < -0.3 is 30.3 Å². The molecule has 0 aliphatic rings. The first-order valence-electron chi connectivity index (χ1n) is 13.0. The van der Waals surface area contributed by atoms with Crippen LogP contribution in [0.25, 0.3) is 0 Å². The smallest absolute Gasteiger partial charge is 0.475 e. The van der Waals surface area contributed by atoms with Gasteiger partial charge in [-0.15, -0.1) is 6.58 Å². The predicted octanol–water partition coefficient (Wildman–Crippen LogP) is 5.00. The molecule has 0 radical (unpaired) electrons. The third kappa shape index (κ3) is 16.0. The first-order valence-corrected chi connectivity index (χ1v) is 13.0. The van der Waals surface area contributed by atoms with Crippen LogP contribution < -0.4 is 10.6 Å².